The number of oxazole rings is 1. The average Bonchev–Trinajstić information content (AvgIpc) is 3.18. The summed E-state index contributed by atoms with van der Waals surface area (Å²) in [5.74, 6) is 1.16. The van der Waals surface area contributed by atoms with Gasteiger partial charge in [-0.25, -0.2) is 4.98 Å². The largest absolute Gasteiger partial charge is 0.440 e. The van der Waals surface area contributed by atoms with E-state index in [2.05, 4.69) is 4.98 Å². The molecule has 0 saturated carbocycles. The molecule has 4 aromatic rings. The Labute approximate surface area is 166 Å². The molecule has 1 aromatic heterocycles. The normalized spacial score (nSPS) is 11.6. The maximum atomic E-state index is 12.9. The number of benzene rings is 3. The lowest BCUT2D eigenvalue weighted by molar-refractivity contribution is -0.137. The van der Waals surface area contributed by atoms with Gasteiger partial charge in [0.2, 0.25) is 0 Å². The molecular formula is C24H18F3NO. The van der Waals surface area contributed by atoms with E-state index in [9.17, 15) is 13.2 Å². The van der Waals surface area contributed by atoms with Gasteiger partial charge < -0.3 is 4.42 Å². The Bertz CT molecular complexity index is 1030. The van der Waals surface area contributed by atoms with Crippen LogP contribution in [0.5, 0.6) is 0 Å². The highest BCUT2D eigenvalue weighted by Gasteiger charge is 2.30. The van der Waals surface area contributed by atoms with Gasteiger partial charge in [-0.05, 0) is 18.1 Å². The van der Waals surface area contributed by atoms with Crippen molar-refractivity contribution < 1.29 is 17.6 Å². The zero-order chi connectivity index (χ0) is 20.3. The third-order valence-corrected chi connectivity index (χ3v) is 4.64. The van der Waals surface area contributed by atoms with Crippen LogP contribution < -0.4 is 0 Å². The summed E-state index contributed by atoms with van der Waals surface area (Å²) in [6.45, 7) is 0. The highest BCUT2D eigenvalue weighted by molar-refractivity contribution is 5.76. The van der Waals surface area contributed by atoms with Crippen molar-refractivity contribution in [2.45, 2.75) is 19.0 Å². The van der Waals surface area contributed by atoms with Crippen molar-refractivity contribution in [3.63, 3.8) is 0 Å². The molecular weight excluding hydrogens is 375 g/mol. The number of rotatable bonds is 5. The molecule has 0 aliphatic carbocycles. The first-order valence-electron chi connectivity index (χ1n) is 9.27. The van der Waals surface area contributed by atoms with E-state index in [1.165, 1.54) is 12.1 Å². The van der Waals surface area contributed by atoms with Gasteiger partial charge >= 0.3 is 6.18 Å². The fourth-order valence-corrected chi connectivity index (χ4v) is 3.20. The SMILES string of the molecule is FC(F)(F)c1cccc(CCc2nc(-c3ccccc3)c(-c3ccccc3)o2)c1. The van der Waals surface area contributed by atoms with Crippen LogP contribution in [0.3, 0.4) is 0 Å². The van der Waals surface area contributed by atoms with Crippen molar-refractivity contribution in [3.05, 3.63) is 102 Å². The summed E-state index contributed by atoms with van der Waals surface area (Å²) in [7, 11) is 0. The lowest BCUT2D eigenvalue weighted by atomic mass is 10.1. The second-order valence-electron chi connectivity index (χ2n) is 6.72. The molecule has 4 rings (SSSR count). The van der Waals surface area contributed by atoms with Crippen LogP contribution in [0.2, 0.25) is 0 Å². The molecule has 5 heteroatoms. The molecule has 0 atom stereocenters. The zero-order valence-electron chi connectivity index (χ0n) is 15.5. The molecule has 2 nitrogen and oxygen atoms in total. The Hall–Kier alpha value is -3.34. The van der Waals surface area contributed by atoms with Gasteiger partial charge in [0.05, 0.1) is 5.56 Å². The molecule has 0 saturated heterocycles. The second-order valence-corrected chi connectivity index (χ2v) is 6.72. The number of hydrogen-bond donors (Lipinski definition) is 0. The summed E-state index contributed by atoms with van der Waals surface area (Å²) in [5.41, 5.74) is 2.53. The van der Waals surface area contributed by atoms with E-state index in [-0.39, 0.29) is 0 Å². The topological polar surface area (TPSA) is 26.0 Å². The van der Waals surface area contributed by atoms with E-state index in [1.807, 2.05) is 60.7 Å². The summed E-state index contributed by atoms with van der Waals surface area (Å²) in [5, 5.41) is 0. The van der Waals surface area contributed by atoms with Crippen molar-refractivity contribution in [1.82, 2.24) is 4.98 Å². The van der Waals surface area contributed by atoms with E-state index < -0.39 is 11.7 Å². The molecule has 0 aliphatic rings. The number of aryl methyl sites for hydroxylation is 2. The molecule has 0 amide bonds. The second kappa shape index (κ2) is 7.95. The molecule has 1 heterocycles. The molecule has 0 aliphatic heterocycles. The van der Waals surface area contributed by atoms with Crippen molar-refractivity contribution in [2.24, 2.45) is 0 Å². The lowest BCUT2D eigenvalue weighted by Gasteiger charge is -2.08. The average molecular weight is 393 g/mol. The standard InChI is InChI=1S/C24H18F3NO/c25-24(26,27)20-13-7-8-17(16-20)14-15-21-28-22(18-9-3-1-4-10-18)23(29-21)19-11-5-2-6-12-19/h1-13,16H,14-15H2. The van der Waals surface area contributed by atoms with Crippen LogP contribution in [0, 0.1) is 0 Å². The molecule has 146 valence electrons. The fraction of sp³-hybridized carbons (Fsp3) is 0.125. The number of hydrogen-bond acceptors (Lipinski definition) is 2. The third kappa shape index (κ3) is 4.40. The predicted molar refractivity (Wildman–Crippen MR) is 106 cm³/mol. The Balaban J connectivity index is 1.63. The Kier molecular flexibility index (Phi) is 5.21. The monoisotopic (exact) mass is 393 g/mol. The molecule has 29 heavy (non-hydrogen) atoms. The van der Waals surface area contributed by atoms with Gasteiger partial charge in [0.15, 0.2) is 11.7 Å². The van der Waals surface area contributed by atoms with E-state index in [0.29, 0.717) is 30.1 Å². The van der Waals surface area contributed by atoms with Gasteiger partial charge in [-0.15, -0.1) is 0 Å². The molecule has 0 fully saturated rings. The van der Waals surface area contributed by atoms with Crippen LogP contribution in [-0.4, -0.2) is 4.98 Å². The number of aromatic nitrogens is 1. The minimum Gasteiger partial charge on any atom is -0.440 e. The van der Waals surface area contributed by atoms with Crippen LogP contribution in [0.15, 0.2) is 89.3 Å². The maximum Gasteiger partial charge on any atom is 0.416 e. The van der Waals surface area contributed by atoms with Gasteiger partial charge in [-0.1, -0.05) is 78.9 Å². The molecule has 0 bridgehead atoms. The summed E-state index contributed by atoms with van der Waals surface area (Å²) in [4.78, 5) is 4.65. The number of nitrogens with zero attached hydrogens (tertiary/aromatic N) is 1. The molecule has 0 N–H and O–H groups in total. The number of alkyl halides is 3. The van der Waals surface area contributed by atoms with E-state index >= 15 is 0 Å². The Morgan fingerprint density at radius 2 is 1.38 bits per heavy atom. The van der Waals surface area contributed by atoms with Crippen molar-refractivity contribution >= 4 is 0 Å². The van der Waals surface area contributed by atoms with Gasteiger partial charge in [0.1, 0.15) is 5.69 Å². The van der Waals surface area contributed by atoms with Gasteiger partial charge in [0, 0.05) is 17.5 Å². The molecule has 0 spiro atoms. The van der Waals surface area contributed by atoms with Crippen molar-refractivity contribution in [1.29, 1.82) is 0 Å². The third-order valence-electron chi connectivity index (χ3n) is 4.64. The summed E-state index contributed by atoms with van der Waals surface area (Å²) in [6, 6.07) is 24.8. The fourth-order valence-electron chi connectivity index (χ4n) is 3.20. The molecule has 0 radical (unpaired) electrons. The first-order chi connectivity index (χ1) is 14.0. The van der Waals surface area contributed by atoms with E-state index in [1.54, 1.807) is 6.07 Å². The van der Waals surface area contributed by atoms with E-state index in [0.717, 1.165) is 22.9 Å². The van der Waals surface area contributed by atoms with E-state index in [4.69, 9.17) is 4.42 Å². The van der Waals surface area contributed by atoms with Crippen molar-refractivity contribution in [3.8, 4) is 22.6 Å². The molecule has 0 unspecified atom stereocenters. The van der Waals surface area contributed by atoms with Crippen LogP contribution >= 0.6 is 0 Å². The molecule has 3 aromatic carbocycles. The van der Waals surface area contributed by atoms with Crippen LogP contribution in [-0.2, 0) is 19.0 Å². The first-order valence-corrected chi connectivity index (χ1v) is 9.27. The summed E-state index contributed by atoms with van der Waals surface area (Å²) < 4.78 is 44.8. The highest BCUT2D eigenvalue weighted by atomic mass is 19.4. The van der Waals surface area contributed by atoms with Gasteiger partial charge in [-0.2, -0.15) is 13.2 Å². The van der Waals surface area contributed by atoms with Crippen molar-refractivity contribution in [2.75, 3.05) is 0 Å². The minimum atomic E-state index is -4.35. The van der Waals surface area contributed by atoms with Gasteiger partial charge in [-0.3, -0.25) is 0 Å². The zero-order valence-corrected chi connectivity index (χ0v) is 15.5. The Morgan fingerprint density at radius 1 is 0.724 bits per heavy atom. The summed E-state index contributed by atoms with van der Waals surface area (Å²) >= 11 is 0. The highest BCUT2D eigenvalue weighted by Crippen LogP contribution is 2.33. The Morgan fingerprint density at radius 3 is 2.03 bits per heavy atom. The lowest BCUT2D eigenvalue weighted by Crippen LogP contribution is -2.05. The predicted octanol–water partition coefficient (Wildman–Crippen LogP) is 6.81. The minimum absolute atomic E-state index is 0.410. The summed E-state index contributed by atoms with van der Waals surface area (Å²) in [6.07, 6.45) is -3.53. The maximum absolute atomic E-state index is 12.9. The van der Waals surface area contributed by atoms with Gasteiger partial charge in [0.25, 0.3) is 0 Å². The van der Waals surface area contributed by atoms with Crippen LogP contribution in [0.25, 0.3) is 22.6 Å². The first kappa shape index (κ1) is 19.0. The number of halogens is 3. The quantitative estimate of drug-likeness (QED) is 0.372. The van der Waals surface area contributed by atoms with Crippen LogP contribution in [0.4, 0.5) is 13.2 Å². The smallest absolute Gasteiger partial charge is 0.416 e. The van der Waals surface area contributed by atoms with Crippen LogP contribution in [0.1, 0.15) is 17.0 Å².